The molecule has 0 fully saturated rings. The Balaban J connectivity index is 2.50. The van der Waals surface area contributed by atoms with Gasteiger partial charge in [0.05, 0.1) is 0 Å². The maximum atomic E-state index is 10.7. The van der Waals surface area contributed by atoms with Gasteiger partial charge in [0.2, 0.25) is 5.89 Å². The third-order valence-electron chi connectivity index (χ3n) is 1.77. The van der Waals surface area contributed by atoms with E-state index in [1.807, 2.05) is 0 Å². The van der Waals surface area contributed by atoms with Crippen molar-refractivity contribution in [3.05, 3.63) is 30.2 Å². The Hall–Kier alpha value is -1.24. The summed E-state index contributed by atoms with van der Waals surface area (Å²) in [6, 6.07) is 7.06. The summed E-state index contributed by atoms with van der Waals surface area (Å²) in [5.74, 6) is 0.0760. The van der Waals surface area contributed by atoms with Crippen LogP contribution in [0.5, 0.6) is 0 Å². The van der Waals surface area contributed by atoms with Crippen molar-refractivity contribution in [3.8, 4) is 0 Å². The largest absolute Gasteiger partial charge is 0.438 e. The van der Waals surface area contributed by atoms with E-state index in [0.717, 1.165) is 0 Å². The molecule has 1 aromatic carbocycles. The van der Waals surface area contributed by atoms with Gasteiger partial charge in [-0.25, -0.2) is 9.19 Å². The molecule has 0 aliphatic heterocycles. The van der Waals surface area contributed by atoms with E-state index in [9.17, 15) is 4.21 Å². The van der Waals surface area contributed by atoms with Crippen LogP contribution < -0.4 is 5.73 Å². The average Bonchev–Trinajstić information content (AvgIpc) is 2.59. The molecule has 0 radical (unpaired) electrons. The molecule has 1 aromatic heterocycles. The van der Waals surface area contributed by atoms with Gasteiger partial charge in [-0.3, -0.25) is 0 Å². The maximum Gasteiger partial charge on any atom is 0.227 e. The van der Waals surface area contributed by atoms with Crippen LogP contribution in [0.2, 0.25) is 0 Å². The normalized spacial score (nSPS) is 15.6. The lowest BCUT2D eigenvalue weighted by Gasteiger charge is -1.99. The van der Waals surface area contributed by atoms with E-state index in [1.54, 1.807) is 24.3 Å². The molecule has 2 atom stereocenters. The Morgan fingerprint density at radius 2 is 2.21 bits per heavy atom. The zero-order valence-corrected chi connectivity index (χ0v) is 7.90. The molecule has 0 aliphatic rings. The van der Waals surface area contributed by atoms with Crippen LogP contribution in [-0.2, 0) is 11.1 Å². The third kappa shape index (κ3) is 1.54. The second-order valence-corrected chi connectivity index (χ2v) is 3.78. The Kier molecular flexibility index (Phi) is 2.32. The fourth-order valence-corrected chi connectivity index (χ4v) is 1.37. The van der Waals surface area contributed by atoms with Crippen LogP contribution in [0.4, 0.5) is 0 Å². The molecule has 0 saturated heterocycles. The first-order valence-corrected chi connectivity index (χ1v) is 5.06. The van der Waals surface area contributed by atoms with Gasteiger partial charge >= 0.3 is 0 Å². The molecule has 2 rings (SSSR count). The number of hydrogen-bond acceptors (Lipinski definition) is 4. The molecule has 1 heterocycles. The van der Waals surface area contributed by atoms with Crippen LogP contribution in [0.25, 0.3) is 11.1 Å². The molecule has 6 heteroatoms. The first-order chi connectivity index (χ1) is 6.68. The number of para-hydroxylation sites is 2. The van der Waals surface area contributed by atoms with Crippen LogP contribution >= 0.6 is 0 Å². The molecule has 0 spiro atoms. The summed E-state index contributed by atoms with van der Waals surface area (Å²) in [6.45, 7) is 0. The molecule has 74 valence electrons. The first kappa shape index (κ1) is 9.32. The van der Waals surface area contributed by atoms with Crippen molar-refractivity contribution in [1.29, 1.82) is 0 Å². The van der Waals surface area contributed by atoms with Crippen LogP contribution in [0, 0.1) is 0 Å². The molecule has 2 unspecified atom stereocenters. The molecule has 14 heavy (non-hydrogen) atoms. The van der Waals surface area contributed by atoms with Crippen LogP contribution in [-0.4, -0.2) is 13.7 Å². The lowest BCUT2D eigenvalue weighted by molar-refractivity contribution is 0.496. The van der Waals surface area contributed by atoms with E-state index >= 15 is 0 Å². The summed E-state index contributed by atoms with van der Waals surface area (Å²) in [7, 11) is 0. The molecule has 2 aromatic rings. The van der Waals surface area contributed by atoms with Crippen molar-refractivity contribution in [3.63, 3.8) is 0 Å². The zero-order valence-electron chi connectivity index (χ0n) is 7.08. The Labute approximate surface area is 82.2 Å². The van der Waals surface area contributed by atoms with Crippen LogP contribution in [0.15, 0.2) is 28.7 Å². The molecule has 3 N–H and O–H groups in total. The van der Waals surface area contributed by atoms with Gasteiger partial charge in [0, 0.05) is 0 Å². The van der Waals surface area contributed by atoms with Gasteiger partial charge in [-0.15, -0.1) is 0 Å². The van der Waals surface area contributed by atoms with E-state index in [-0.39, 0.29) is 5.89 Å². The van der Waals surface area contributed by atoms with Crippen LogP contribution in [0.3, 0.4) is 0 Å². The average molecular weight is 212 g/mol. The fraction of sp³-hybridized carbons (Fsp3) is 0.125. The van der Waals surface area contributed by atoms with Gasteiger partial charge in [-0.2, -0.15) is 0 Å². The van der Waals surface area contributed by atoms with Gasteiger partial charge in [0.25, 0.3) is 0 Å². The quantitative estimate of drug-likeness (QED) is 0.725. The van der Waals surface area contributed by atoms with Crippen molar-refractivity contribution in [2.45, 2.75) is 5.37 Å². The maximum absolute atomic E-state index is 10.7. The van der Waals surface area contributed by atoms with Crippen molar-refractivity contribution in [1.82, 2.24) is 4.98 Å². The van der Waals surface area contributed by atoms with E-state index in [2.05, 4.69) is 4.98 Å². The molecular weight excluding hydrogens is 204 g/mol. The summed E-state index contributed by atoms with van der Waals surface area (Å²) >= 11 is -2.17. The summed E-state index contributed by atoms with van der Waals surface area (Å²) in [5, 5.41) is -1.10. The van der Waals surface area contributed by atoms with Gasteiger partial charge < -0.3 is 14.7 Å². The number of aromatic nitrogens is 1. The number of oxazole rings is 1. The molecule has 0 aliphatic carbocycles. The Bertz CT molecular complexity index is 449. The number of benzene rings is 1. The summed E-state index contributed by atoms with van der Waals surface area (Å²) < 4.78 is 24.6. The molecule has 0 saturated carbocycles. The van der Waals surface area contributed by atoms with Crippen molar-refractivity contribution >= 4 is 22.2 Å². The van der Waals surface area contributed by atoms with Crippen molar-refractivity contribution in [2.24, 2.45) is 5.73 Å². The highest BCUT2D eigenvalue weighted by Crippen LogP contribution is 2.19. The lowest BCUT2D eigenvalue weighted by Crippen LogP contribution is -2.15. The first-order valence-electron chi connectivity index (χ1n) is 3.89. The van der Waals surface area contributed by atoms with Crippen molar-refractivity contribution in [2.75, 3.05) is 0 Å². The Morgan fingerprint density at radius 1 is 1.50 bits per heavy atom. The number of nitrogens with zero attached hydrogens (tertiary/aromatic N) is 1. The minimum Gasteiger partial charge on any atom is -0.438 e. The smallest absolute Gasteiger partial charge is 0.227 e. The lowest BCUT2D eigenvalue weighted by atomic mass is 10.3. The SMILES string of the molecule is NC(c1nc2ccccc2o1)S(=O)O. The third-order valence-corrected chi connectivity index (χ3v) is 2.41. The van der Waals surface area contributed by atoms with Gasteiger partial charge in [-0.1, -0.05) is 12.1 Å². The second-order valence-electron chi connectivity index (χ2n) is 2.72. The summed E-state index contributed by atoms with van der Waals surface area (Å²) in [6.07, 6.45) is 0. The number of nitrogens with two attached hydrogens (primary N) is 1. The zero-order chi connectivity index (χ0) is 10.1. The molecule has 0 bridgehead atoms. The molecular formula is C8H8N2O3S. The van der Waals surface area contributed by atoms with E-state index < -0.39 is 16.5 Å². The van der Waals surface area contributed by atoms with Gasteiger partial charge in [0.15, 0.2) is 22.0 Å². The fourth-order valence-electron chi connectivity index (χ4n) is 1.10. The number of hydrogen-bond donors (Lipinski definition) is 2. The molecule has 5 nitrogen and oxygen atoms in total. The molecule has 0 amide bonds. The van der Waals surface area contributed by atoms with Crippen LogP contribution in [0.1, 0.15) is 11.3 Å². The highest BCUT2D eigenvalue weighted by Gasteiger charge is 2.18. The predicted octanol–water partition coefficient (Wildman–Crippen LogP) is 1.01. The number of fused-ring (bicyclic) bond motifs is 1. The highest BCUT2D eigenvalue weighted by molar-refractivity contribution is 7.79. The minimum atomic E-state index is -2.17. The second kappa shape index (κ2) is 3.49. The summed E-state index contributed by atoms with van der Waals surface area (Å²) in [5.41, 5.74) is 6.58. The van der Waals surface area contributed by atoms with E-state index in [4.69, 9.17) is 14.7 Å². The monoisotopic (exact) mass is 212 g/mol. The highest BCUT2D eigenvalue weighted by atomic mass is 32.2. The standard InChI is InChI=1S/C8H8N2O3S/c9-7(14(11)12)8-10-5-3-1-2-4-6(5)13-8/h1-4,7H,9H2,(H,11,12). The topological polar surface area (TPSA) is 89.4 Å². The summed E-state index contributed by atoms with van der Waals surface area (Å²) in [4.78, 5) is 3.99. The number of rotatable bonds is 2. The Morgan fingerprint density at radius 3 is 2.86 bits per heavy atom. The minimum absolute atomic E-state index is 0.0760. The van der Waals surface area contributed by atoms with E-state index in [0.29, 0.717) is 11.1 Å². The van der Waals surface area contributed by atoms with Crippen molar-refractivity contribution < 1.29 is 13.2 Å². The van der Waals surface area contributed by atoms with Gasteiger partial charge in [0.1, 0.15) is 5.52 Å². The van der Waals surface area contributed by atoms with E-state index in [1.165, 1.54) is 0 Å². The van der Waals surface area contributed by atoms with Gasteiger partial charge in [-0.05, 0) is 12.1 Å². The predicted molar refractivity (Wildman–Crippen MR) is 51.7 cm³/mol.